The molecule has 6 nitrogen and oxygen atoms in total. The van der Waals surface area contributed by atoms with Crippen LogP contribution in [0.4, 0.5) is 0 Å². The SMILES string of the molecule is Cc1cc(C)cc(C(=O)NCC(=O)NCC(c2ccco2)N2CCCC2)c1. The molecule has 27 heavy (non-hydrogen) atoms. The average Bonchev–Trinajstić information content (AvgIpc) is 3.33. The molecule has 1 aromatic heterocycles. The summed E-state index contributed by atoms with van der Waals surface area (Å²) in [6.45, 7) is 6.32. The zero-order chi connectivity index (χ0) is 19.2. The summed E-state index contributed by atoms with van der Waals surface area (Å²) in [4.78, 5) is 26.8. The lowest BCUT2D eigenvalue weighted by Crippen LogP contribution is -2.41. The Morgan fingerprint density at radius 2 is 1.81 bits per heavy atom. The van der Waals surface area contributed by atoms with Crippen molar-refractivity contribution in [2.75, 3.05) is 26.2 Å². The highest BCUT2D eigenvalue weighted by Crippen LogP contribution is 2.24. The van der Waals surface area contributed by atoms with Gasteiger partial charge in [0.2, 0.25) is 5.91 Å². The molecule has 144 valence electrons. The predicted octanol–water partition coefficient (Wildman–Crippen LogP) is 2.58. The molecular weight excluding hydrogens is 342 g/mol. The third-order valence-corrected chi connectivity index (χ3v) is 4.84. The van der Waals surface area contributed by atoms with Gasteiger partial charge in [0, 0.05) is 12.1 Å². The minimum Gasteiger partial charge on any atom is -0.468 e. The van der Waals surface area contributed by atoms with Crippen molar-refractivity contribution in [3.8, 4) is 0 Å². The topological polar surface area (TPSA) is 74.6 Å². The second-order valence-corrected chi connectivity index (χ2v) is 7.14. The lowest BCUT2D eigenvalue weighted by atomic mass is 10.1. The fourth-order valence-corrected chi connectivity index (χ4v) is 3.59. The number of carbonyl (C=O) groups is 2. The number of benzene rings is 1. The molecule has 1 aliphatic rings. The first-order valence-electron chi connectivity index (χ1n) is 9.43. The maximum Gasteiger partial charge on any atom is 0.251 e. The third-order valence-electron chi connectivity index (χ3n) is 4.84. The van der Waals surface area contributed by atoms with Gasteiger partial charge < -0.3 is 15.1 Å². The quantitative estimate of drug-likeness (QED) is 0.787. The van der Waals surface area contributed by atoms with Gasteiger partial charge >= 0.3 is 0 Å². The summed E-state index contributed by atoms with van der Waals surface area (Å²) >= 11 is 0. The molecule has 1 unspecified atom stereocenters. The molecule has 0 radical (unpaired) electrons. The van der Waals surface area contributed by atoms with Crippen LogP contribution >= 0.6 is 0 Å². The van der Waals surface area contributed by atoms with Gasteiger partial charge in [0.15, 0.2) is 0 Å². The van der Waals surface area contributed by atoms with Crippen LogP contribution in [0.3, 0.4) is 0 Å². The van der Waals surface area contributed by atoms with Crippen molar-refractivity contribution in [3.63, 3.8) is 0 Å². The standard InChI is InChI=1S/C21H27N3O3/c1-15-10-16(2)12-17(11-15)21(26)23-14-20(25)22-13-18(19-6-5-9-27-19)24-7-3-4-8-24/h5-6,9-12,18H,3-4,7-8,13-14H2,1-2H3,(H,22,25)(H,23,26). The van der Waals surface area contributed by atoms with E-state index in [-0.39, 0.29) is 24.4 Å². The molecule has 0 bridgehead atoms. The van der Waals surface area contributed by atoms with Crippen LogP contribution in [-0.2, 0) is 4.79 Å². The molecule has 1 fully saturated rings. The van der Waals surface area contributed by atoms with E-state index in [0.717, 1.165) is 42.8 Å². The maximum atomic E-state index is 12.3. The molecule has 2 N–H and O–H groups in total. The normalized spacial score (nSPS) is 15.5. The molecule has 1 saturated heterocycles. The Labute approximate surface area is 159 Å². The first-order valence-corrected chi connectivity index (χ1v) is 9.43. The molecule has 1 aliphatic heterocycles. The lowest BCUT2D eigenvalue weighted by molar-refractivity contribution is -0.120. The van der Waals surface area contributed by atoms with Gasteiger partial charge in [-0.1, -0.05) is 17.2 Å². The van der Waals surface area contributed by atoms with Gasteiger partial charge in [0.1, 0.15) is 5.76 Å². The lowest BCUT2D eigenvalue weighted by Gasteiger charge is -2.26. The van der Waals surface area contributed by atoms with Gasteiger partial charge in [-0.05, 0) is 64.0 Å². The van der Waals surface area contributed by atoms with Crippen LogP contribution in [0.15, 0.2) is 41.0 Å². The second kappa shape index (κ2) is 8.86. The highest BCUT2D eigenvalue weighted by molar-refractivity contribution is 5.96. The van der Waals surface area contributed by atoms with Gasteiger partial charge in [-0.25, -0.2) is 0 Å². The summed E-state index contributed by atoms with van der Waals surface area (Å²) in [7, 11) is 0. The number of hydrogen-bond donors (Lipinski definition) is 2. The average molecular weight is 369 g/mol. The predicted molar refractivity (Wildman–Crippen MR) is 104 cm³/mol. The number of nitrogens with zero attached hydrogens (tertiary/aromatic N) is 1. The molecule has 6 heteroatoms. The molecule has 3 rings (SSSR count). The molecule has 0 saturated carbocycles. The monoisotopic (exact) mass is 369 g/mol. The van der Waals surface area contributed by atoms with E-state index in [1.54, 1.807) is 6.26 Å². The summed E-state index contributed by atoms with van der Waals surface area (Å²) in [6.07, 6.45) is 3.98. The van der Waals surface area contributed by atoms with Crippen molar-refractivity contribution < 1.29 is 14.0 Å². The third kappa shape index (κ3) is 5.20. The number of nitrogens with one attached hydrogen (secondary N) is 2. The number of hydrogen-bond acceptors (Lipinski definition) is 4. The number of aryl methyl sites for hydroxylation is 2. The number of carbonyl (C=O) groups excluding carboxylic acids is 2. The van der Waals surface area contributed by atoms with Gasteiger partial charge in [0.05, 0.1) is 18.8 Å². The molecule has 1 aromatic carbocycles. The summed E-state index contributed by atoms with van der Waals surface area (Å²) in [6, 6.07) is 9.49. The smallest absolute Gasteiger partial charge is 0.251 e. The van der Waals surface area contributed by atoms with Crippen molar-refractivity contribution in [2.45, 2.75) is 32.7 Å². The molecule has 2 aromatic rings. The van der Waals surface area contributed by atoms with E-state index < -0.39 is 0 Å². The number of rotatable bonds is 7. The largest absolute Gasteiger partial charge is 0.468 e. The van der Waals surface area contributed by atoms with Crippen molar-refractivity contribution in [1.82, 2.24) is 15.5 Å². The van der Waals surface area contributed by atoms with E-state index >= 15 is 0 Å². The van der Waals surface area contributed by atoms with Crippen LogP contribution in [0.2, 0.25) is 0 Å². The minimum absolute atomic E-state index is 0.0292. The van der Waals surface area contributed by atoms with Crippen molar-refractivity contribution in [1.29, 1.82) is 0 Å². The van der Waals surface area contributed by atoms with E-state index in [0.29, 0.717) is 12.1 Å². The van der Waals surface area contributed by atoms with Crippen LogP contribution < -0.4 is 10.6 Å². The molecular formula is C21H27N3O3. The first kappa shape index (κ1) is 19.2. The van der Waals surface area contributed by atoms with Crippen LogP contribution in [-0.4, -0.2) is 42.9 Å². The van der Waals surface area contributed by atoms with E-state index in [2.05, 4.69) is 15.5 Å². The van der Waals surface area contributed by atoms with Crippen LogP contribution in [0.5, 0.6) is 0 Å². The zero-order valence-electron chi connectivity index (χ0n) is 16.0. The van der Waals surface area contributed by atoms with Crippen molar-refractivity contribution >= 4 is 11.8 Å². The second-order valence-electron chi connectivity index (χ2n) is 7.14. The Hall–Kier alpha value is -2.60. The Morgan fingerprint density at radius 1 is 1.11 bits per heavy atom. The number of furan rings is 1. The molecule has 0 spiro atoms. The van der Waals surface area contributed by atoms with Gasteiger partial charge in [-0.15, -0.1) is 0 Å². The van der Waals surface area contributed by atoms with E-state index in [1.165, 1.54) is 0 Å². The van der Waals surface area contributed by atoms with Crippen LogP contribution in [0.1, 0.15) is 46.1 Å². The maximum absolute atomic E-state index is 12.3. The molecule has 2 amide bonds. The Balaban J connectivity index is 1.51. The molecule has 0 aliphatic carbocycles. The van der Waals surface area contributed by atoms with Crippen LogP contribution in [0, 0.1) is 13.8 Å². The highest BCUT2D eigenvalue weighted by atomic mass is 16.3. The minimum atomic E-state index is -0.237. The van der Waals surface area contributed by atoms with E-state index in [1.807, 2.05) is 44.2 Å². The number of amides is 2. The zero-order valence-corrected chi connectivity index (χ0v) is 16.0. The van der Waals surface area contributed by atoms with Gasteiger partial charge in [-0.2, -0.15) is 0 Å². The molecule has 1 atom stereocenters. The fourth-order valence-electron chi connectivity index (χ4n) is 3.59. The first-order chi connectivity index (χ1) is 13.0. The fraction of sp³-hybridized carbons (Fsp3) is 0.429. The number of likely N-dealkylation sites (tertiary alicyclic amines) is 1. The van der Waals surface area contributed by atoms with Crippen molar-refractivity contribution in [3.05, 3.63) is 59.0 Å². The van der Waals surface area contributed by atoms with Gasteiger partial charge in [-0.3, -0.25) is 14.5 Å². The van der Waals surface area contributed by atoms with E-state index in [4.69, 9.17) is 4.42 Å². The highest BCUT2D eigenvalue weighted by Gasteiger charge is 2.25. The Kier molecular flexibility index (Phi) is 6.29. The van der Waals surface area contributed by atoms with Crippen LogP contribution in [0.25, 0.3) is 0 Å². The summed E-state index contributed by atoms with van der Waals surface area (Å²) in [5.74, 6) is 0.416. The summed E-state index contributed by atoms with van der Waals surface area (Å²) < 4.78 is 5.56. The van der Waals surface area contributed by atoms with E-state index in [9.17, 15) is 9.59 Å². The van der Waals surface area contributed by atoms with Crippen molar-refractivity contribution in [2.24, 2.45) is 0 Å². The Morgan fingerprint density at radius 3 is 2.44 bits per heavy atom. The Bertz CT molecular complexity index is 760. The summed E-state index contributed by atoms with van der Waals surface area (Å²) in [5, 5.41) is 5.62. The summed E-state index contributed by atoms with van der Waals surface area (Å²) in [5.41, 5.74) is 2.62. The van der Waals surface area contributed by atoms with Gasteiger partial charge in [0.25, 0.3) is 5.91 Å². The molecule has 2 heterocycles.